The third-order valence-corrected chi connectivity index (χ3v) is 1.83. The molecule has 2 N–H and O–H groups in total. The van der Waals surface area contributed by atoms with Crippen molar-refractivity contribution in [2.75, 3.05) is 20.3 Å². The maximum absolute atomic E-state index is 5.27. The summed E-state index contributed by atoms with van der Waals surface area (Å²) < 4.78 is 5.27. The van der Waals surface area contributed by atoms with E-state index < -0.39 is 0 Å². The quantitative estimate of drug-likeness (QED) is 0.605. The van der Waals surface area contributed by atoms with E-state index in [4.69, 9.17) is 4.74 Å². The van der Waals surface area contributed by atoms with Crippen LogP contribution in [0.3, 0.4) is 0 Å². The standard InChI is InChI=1S/C7H14O.CH5N/c1-2-7-4-3-5-8-6-7;1-2/h7H,2-6H2,1H3;2H2,1H3/t7-;/m0./s1. The van der Waals surface area contributed by atoms with Crippen LogP contribution in [0.15, 0.2) is 0 Å². The largest absolute Gasteiger partial charge is 0.381 e. The minimum absolute atomic E-state index is 0.865. The molecule has 0 radical (unpaired) electrons. The maximum atomic E-state index is 5.27. The Morgan fingerprint density at radius 2 is 2.20 bits per heavy atom. The van der Waals surface area contributed by atoms with Gasteiger partial charge in [0.25, 0.3) is 0 Å². The predicted octanol–water partition coefficient (Wildman–Crippen LogP) is 1.40. The van der Waals surface area contributed by atoms with Crippen LogP contribution in [0.25, 0.3) is 0 Å². The van der Waals surface area contributed by atoms with Gasteiger partial charge in [-0.3, -0.25) is 0 Å². The first-order valence-electron chi connectivity index (χ1n) is 4.09. The Morgan fingerprint density at radius 3 is 2.50 bits per heavy atom. The summed E-state index contributed by atoms with van der Waals surface area (Å²) in [6.07, 6.45) is 3.95. The molecule has 0 unspecified atom stereocenters. The van der Waals surface area contributed by atoms with Crippen molar-refractivity contribution in [2.45, 2.75) is 26.2 Å². The van der Waals surface area contributed by atoms with Crippen LogP contribution in [0.1, 0.15) is 26.2 Å². The van der Waals surface area contributed by atoms with Gasteiger partial charge < -0.3 is 10.5 Å². The molecule has 1 rings (SSSR count). The third-order valence-electron chi connectivity index (χ3n) is 1.83. The van der Waals surface area contributed by atoms with Crippen LogP contribution < -0.4 is 5.73 Å². The highest BCUT2D eigenvalue weighted by Crippen LogP contribution is 2.15. The highest BCUT2D eigenvalue weighted by atomic mass is 16.5. The fourth-order valence-electron chi connectivity index (χ4n) is 1.13. The minimum Gasteiger partial charge on any atom is -0.381 e. The summed E-state index contributed by atoms with van der Waals surface area (Å²) in [5.41, 5.74) is 4.50. The van der Waals surface area contributed by atoms with Crippen molar-refractivity contribution in [1.29, 1.82) is 0 Å². The molecule has 10 heavy (non-hydrogen) atoms. The van der Waals surface area contributed by atoms with Gasteiger partial charge in [-0.25, -0.2) is 0 Å². The Labute approximate surface area is 63.7 Å². The Hall–Kier alpha value is -0.0800. The van der Waals surface area contributed by atoms with Gasteiger partial charge in [0, 0.05) is 13.2 Å². The van der Waals surface area contributed by atoms with E-state index in [0.29, 0.717) is 0 Å². The fourth-order valence-corrected chi connectivity index (χ4v) is 1.13. The molecule has 1 fully saturated rings. The molecule has 0 aromatic carbocycles. The van der Waals surface area contributed by atoms with Crippen LogP contribution in [0.5, 0.6) is 0 Å². The van der Waals surface area contributed by atoms with Gasteiger partial charge >= 0.3 is 0 Å². The van der Waals surface area contributed by atoms with Crippen LogP contribution in [0.4, 0.5) is 0 Å². The topological polar surface area (TPSA) is 35.2 Å². The monoisotopic (exact) mass is 145 g/mol. The Bertz CT molecular complexity index is 60.3. The zero-order chi connectivity index (χ0) is 7.82. The summed E-state index contributed by atoms with van der Waals surface area (Å²) in [7, 11) is 1.50. The zero-order valence-electron chi connectivity index (χ0n) is 7.10. The maximum Gasteiger partial charge on any atom is 0.0494 e. The molecule has 0 amide bonds. The summed E-state index contributed by atoms with van der Waals surface area (Å²) in [6.45, 7) is 4.24. The van der Waals surface area contributed by atoms with Crippen LogP contribution in [-0.4, -0.2) is 20.3 Å². The fraction of sp³-hybridized carbons (Fsp3) is 1.00. The number of rotatable bonds is 1. The van der Waals surface area contributed by atoms with Crippen molar-refractivity contribution in [3.63, 3.8) is 0 Å². The number of hydrogen-bond acceptors (Lipinski definition) is 2. The van der Waals surface area contributed by atoms with E-state index >= 15 is 0 Å². The highest BCUT2D eigenvalue weighted by Gasteiger charge is 2.09. The molecule has 1 heterocycles. The highest BCUT2D eigenvalue weighted by molar-refractivity contribution is 4.59. The van der Waals surface area contributed by atoms with Gasteiger partial charge in [0.1, 0.15) is 0 Å². The van der Waals surface area contributed by atoms with Gasteiger partial charge in [-0.05, 0) is 25.8 Å². The number of hydrogen-bond donors (Lipinski definition) is 1. The molecule has 0 bridgehead atoms. The average molecular weight is 145 g/mol. The molecule has 2 heteroatoms. The average Bonchev–Trinajstić information content (AvgIpc) is 2.10. The van der Waals surface area contributed by atoms with Crippen molar-refractivity contribution in [3.8, 4) is 0 Å². The van der Waals surface area contributed by atoms with E-state index in [2.05, 4.69) is 12.7 Å². The van der Waals surface area contributed by atoms with Crippen molar-refractivity contribution < 1.29 is 4.74 Å². The molecule has 0 aromatic rings. The lowest BCUT2D eigenvalue weighted by molar-refractivity contribution is 0.0535. The second-order valence-corrected chi connectivity index (χ2v) is 2.49. The van der Waals surface area contributed by atoms with Gasteiger partial charge in [-0.1, -0.05) is 13.3 Å². The summed E-state index contributed by atoms with van der Waals surface area (Å²) in [5.74, 6) is 0.865. The van der Waals surface area contributed by atoms with E-state index in [-0.39, 0.29) is 0 Å². The van der Waals surface area contributed by atoms with Crippen molar-refractivity contribution >= 4 is 0 Å². The van der Waals surface area contributed by atoms with Gasteiger partial charge in [0.05, 0.1) is 0 Å². The number of nitrogens with two attached hydrogens (primary N) is 1. The molecular formula is C8H19NO. The lowest BCUT2D eigenvalue weighted by Gasteiger charge is -2.19. The Balaban J connectivity index is 0.000000371. The Morgan fingerprint density at radius 1 is 1.50 bits per heavy atom. The molecule has 0 spiro atoms. The van der Waals surface area contributed by atoms with Gasteiger partial charge in [-0.2, -0.15) is 0 Å². The van der Waals surface area contributed by atoms with Gasteiger partial charge in [-0.15, -0.1) is 0 Å². The van der Waals surface area contributed by atoms with E-state index in [1.165, 1.54) is 26.3 Å². The molecule has 1 saturated heterocycles. The smallest absolute Gasteiger partial charge is 0.0494 e. The van der Waals surface area contributed by atoms with Crippen molar-refractivity contribution in [1.82, 2.24) is 0 Å². The first kappa shape index (κ1) is 9.92. The zero-order valence-corrected chi connectivity index (χ0v) is 7.10. The molecule has 0 aliphatic carbocycles. The summed E-state index contributed by atoms with van der Waals surface area (Å²) in [4.78, 5) is 0. The summed E-state index contributed by atoms with van der Waals surface area (Å²) in [5, 5.41) is 0. The molecule has 2 nitrogen and oxygen atoms in total. The summed E-state index contributed by atoms with van der Waals surface area (Å²) >= 11 is 0. The molecule has 1 atom stereocenters. The van der Waals surface area contributed by atoms with E-state index in [9.17, 15) is 0 Å². The second-order valence-electron chi connectivity index (χ2n) is 2.49. The van der Waals surface area contributed by atoms with E-state index in [0.717, 1.165) is 19.1 Å². The SMILES string of the molecule is CC[C@H]1CCCOC1.CN. The van der Waals surface area contributed by atoms with Crippen LogP contribution in [-0.2, 0) is 4.74 Å². The Kier molecular flexibility index (Phi) is 6.98. The first-order valence-corrected chi connectivity index (χ1v) is 4.09. The van der Waals surface area contributed by atoms with Gasteiger partial charge in [0.2, 0.25) is 0 Å². The van der Waals surface area contributed by atoms with Crippen LogP contribution >= 0.6 is 0 Å². The van der Waals surface area contributed by atoms with Crippen molar-refractivity contribution in [2.24, 2.45) is 11.7 Å². The molecule has 1 aliphatic rings. The normalized spacial score (nSPS) is 24.9. The van der Waals surface area contributed by atoms with E-state index in [1.54, 1.807) is 0 Å². The third kappa shape index (κ3) is 3.85. The molecule has 0 aromatic heterocycles. The van der Waals surface area contributed by atoms with Gasteiger partial charge in [0.15, 0.2) is 0 Å². The second kappa shape index (κ2) is 7.03. The first-order chi connectivity index (χ1) is 4.93. The lowest BCUT2D eigenvalue weighted by atomic mass is 10.0. The van der Waals surface area contributed by atoms with Crippen LogP contribution in [0, 0.1) is 5.92 Å². The van der Waals surface area contributed by atoms with Crippen LogP contribution in [0.2, 0.25) is 0 Å². The molecular weight excluding hydrogens is 126 g/mol. The minimum atomic E-state index is 0.865. The molecule has 0 saturated carbocycles. The lowest BCUT2D eigenvalue weighted by Crippen LogP contribution is -2.15. The number of ether oxygens (including phenoxy) is 1. The molecule has 62 valence electrons. The molecule has 1 aliphatic heterocycles. The predicted molar refractivity (Wildman–Crippen MR) is 43.9 cm³/mol. The van der Waals surface area contributed by atoms with E-state index in [1.807, 2.05) is 0 Å². The summed E-state index contributed by atoms with van der Waals surface area (Å²) in [6, 6.07) is 0. The van der Waals surface area contributed by atoms with Crippen molar-refractivity contribution in [3.05, 3.63) is 0 Å².